The molecule has 4 heteroatoms. The molecule has 0 amide bonds. The fraction of sp³-hybridized carbons (Fsp3) is 0.625. The van der Waals surface area contributed by atoms with Gasteiger partial charge in [-0.3, -0.25) is 4.39 Å². The quantitative estimate of drug-likeness (QED) is 0.629. The van der Waals surface area contributed by atoms with Gasteiger partial charge in [0.25, 0.3) is 0 Å². The van der Waals surface area contributed by atoms with Crippen molar-refractivity contribution in [3.63, 3.8) is 0 Å². The van der Waals surface area contributed by atoms with Gasteiger partial charge in [-0.05, 0) is 6.42 Å². The van der Waals surface area contributed by atoms with Crippen molar-refractivity contribution in [2.24, 2.45) is 0 Å². The molecule has 66 valence electrons. The molecule has 3 nitrogen and oxygen atoms in total. The van der Waals surface area contributed by atoms with Gasteiger partial charge in [0.2, 0.25) is 0 Å². The molecule has 1 N–H and O–H groups in total. The van der Waals surface area contributed by atoms with Crippen molar-refractivity contribution in [2.45, 2.75) is 6.42 Å². The second-order valence-electron chi connectivity index (χ2n) is 2.62. The highest BCUT2D eigenvalue weighted by atomic mass is 19.1. The largest absolute Gasteiger partial charge is 0.369 e. The lowest BCUT2D eigenvalue weighted by Crippen LogP contribution is -2.21. The second kappa shape index (κ2) is 4.60. The van der Waals surface area contributed by atoms with Crippen molar-refractivity contribution in [1.82, 2.24) is 10.2 Å². The zero-order chi connectivity index (χ0) is 8.81. The van der Waals surface area contributed by atoms with E-state index in [4.69, 9.17) is 5.26 Å². The van der Waals surface area contributed by atoms with E-state index in [2.05, 4.69) is 5.32 Å². The van der Waals surface area contributed by atoms with Crippen molar-refractivity contribution >= 4 is 0 Å². The number of allylic oxidation sites excluding steroid dienone is 1. The smallest absolute Gasteiger partial charge is 0.112 e. The molecule has 1 rings (SSSR count). The van der Waals surface area contributed by atoms with Gasteiger partial charge in [-0.15, -0.1) is 0 Å². The van der Waals surface area contributed by atoms with Gasteiger partial charge >= 0.3 is 0 Å². The molecule has 1 fully saturated rings. The minimum absolute atomic E-state index is 0.295. The molecule has 0 bridgehead atoms. The molecule has 12 heavy (non-hydrogen) atoms. The van der Waals surface area contributed by atoms with Crippen LogP contribution in [0.4, 0.5) is 4.39 Å². The lowest BCUT2D eigenvalue weighted by Gasteiger charge is -2.16. The maximum absolute atomic E-state index is 11.8. The Hall–Kier alpha value is -1.24. The molecule has 1 heterocycles. The van der Waals surface area contributed by atoms with E-state index in [0.717, 1.165) is 18.9 Å². The Kier molecular flexibility index (Phi) is 3.39. The van der Waals surface area contributed by atoms with E-state index >= 15 is 0 Å². The normalized spacial score (nSPS) is 19.3. The summed E-state index contributed by atoms with van der Waals surface area (Å²) in [5.74, 6) is 0.825. The maximum atomic E-state index is 11.8. The standard InChI is InChI=1S/C8H12FN3/c9-3-1-6-12-7-5-11-8(12)2-4-10/h2,11H,1,3,5-7H2. The molecular weight excluding hydrogens is 157 g/mol. The summed E-state index contributed by atoms with van der Waals surface area (Å²) >= 11 is 0. The highest BCUT2D eigenvalue weighted by molar-refractivity contribution is 5.13. The second-order valence-corrected chi connectivity index (χ2v) is 2.62. The van der Waals surface area contributed by atoms with E-state index in [1.807, 2.05) is 11.0 Å². The average Bonchev–Trinajstić information content (AvgIpc) is 2.50. The first-order valence-corrected chi connectivity index (χ1v) is 4.03. The van der Waals surface area contributed by atoms with Crippen LogP contribution in [0.25, 0.3) is 0 Å². The highest BCUT2D eigenvalue weighted by Crippen LogP contribution is 2.06. The summed E-state index contributed by atoms with van der Waals surface area (Å²) in [6.45, 7) is 2.11. The first kappa shape index (κ1) is 8.85. The summed E-state index contributed by atoms with van der Waals surface area (Å²) < 4.78 is 11.8. The van der Waals surface area contributed by atoms with E-state index in [0.29, 0.717) is 13.0 Å². The third-order valence-electron chi connectivity index (χ3n) is 1.79. The van der Waals surface area contributed by atoms with Crippen molar-refractivity contribution < 1.29 is 4.39 Å². The molecule has 1 saturated heterocycles. The van der Waals surface area contributed by atoms with Crippen LogP contribution in [0.5, 0.6) is 0 Å². The van der Waals surface area contributed by atoms with Gasteiger partial charge < -0.3 is 10.2 Å². The van der Waals surface area contributed by atoms with Crippen molar-refractivity contribution in [3.8, 4) is 6.07 Å². The molecule has 0 unspecified atom stereocenters. The predicted octanol–water partition coefficient (Wildman–Crippen LogP) is 0.616. The van der Waals surface area contributed by atoms with Gasteiger partial charge in [-0.25, -0.2) is 0 Å². The number of nitrogens with zero attached hydrogens (tertiary/aromatic N) is 2. The maximum Gasteiger partial charge on any atom is 0.112 e. The van der Waals surface area contributed by atoms with Crippen molar-refractivity contribution in [1.29, 1.82) is 5.26 Å². The minimum Gasteiger partial charge on any atom is -0.369 e. The number of rotatable bonds is 3. The fourth-order valence-electron chi connectivity index (χ4n) is 1.24. The van der Waals surface area contributed by atoms with Gasteiger partial charge in [0.15, 0.2) is 0 Å². The summed E-state index contributed by atoms with van der Waals surface area (Å²) in [5, 5.41) is 11.5. The monoisotopic (exact) mass is 169 g/mol. The Morgan fingerprint density at radius 2 is 2.58 bits per heavy atom. The molecule has 0 atom stereocenters. The van der Waals surface area contributed by atoms with Crippen molar-refractivity contribution in [3.05, 3.63) is 11.9 Å². The lowest BCUT2D eigenvalue weighted by atomic mass is 10.4. The van der Waals surface area contributed by atoms with Gasteiger partial charge in [0.05, 0.1) is 18.8 Å². The number of halogens is 1. The van der Waals surface area contributed by atoms with E-state index in [1.165, 1.54) is 6.08 Å². The van der Waals surface area contributed by atoms with Gasteiger partial charge in [-0.1, -0.05) is 0 Å². The van der Waals surface area contributed by atoms with Gasteiger partial charge in [0.1, 0.15) is 5.82 Å². The summed E-state index contributed by atoms with van der Waals surface area (Å²) in [6, 6.07) is 1.96. The van der Waals surface area contributed by atoms with Crippen LogP contribution in [0.15, 0.2) is 11.9 Å². The summed E-state index contributed by atoms with van der Waals surface area (Å²) in [5.41, 5.74) is 0. The van der Waals surface area contributed by atoms with E-state index in [1.54, 1.807) is 0 Å². The lowest BCUT2D eigenvalue weighted by molar-refractivity contribution is 0.353. The molecule has 0 aromatic rings. The topological polar surface area (TPSA) is 39.1 Å². The van der Waals surface area contributed by atoms with Crippen LogP contribution in [0.3, 0.4) is 0 Å². The van der Waals surface area contributed by atoms with Crippen LogP contribution in [-0.2, 0) is 0 Å². The predicted molar refractivity (Wildman–Crippen MR) is 43.9 cm³/mol. The Labute approximate surface area is 71.5 Å². The third kappa shape index (κ3) is 2.12. The molecule has 0 aromatic heterocycles. The average molecular weight is 169 g/mol. The fourth-order valence-corrected chi connectivity index (χ4v) is 1.24. The van der Waals surface area contributed by atoms with E-state index < -0.39 is 0 Å². The Morgan fingerprint density at radius 1 is 1.75 bits per heavy atom. The number of nitrogens with one attached hydrogen (secondary N) is 1. The minimum atomic E-state index is -0.295. The Balaban J connectivity index is 2.42. The van der Waals surface area contributed by atoms with Crippen LogP contribution in [0.1, 0.15) is 6.42 Å². The van der Waals surface area contributed by atoms with Gasteiger partial charge in [-0.2, -0.15) is 5.26 Å². The van der Waals surface area contributed by atoms with Gasteiger partial charge in [0, 0.05) is 19.6 Å². The number of hydrogen-bond acceptors (Lipinski definition) is 3. The molecule has 0 aliphatic carbocycles. The Bertz CT molecular complexity index is 207. The zero-order valence-corrected chi connectivity index (χ0v) is 6.89. The van der Waals surface area contributed by atoms with Crippen LogP contribution in [-0.4, -0.2) is 31.2 Å². The highest BCUT2D eigenvalue weighted by Gasteiger charge is 2.14. The molecular formula is C8H12FN3. The number of nitriles is 1. The zero-order valence-electron chi connectivity index (χ0n) is 6.89. The summed E-state index contributed by atoms with van der Waals surface area (Å²) in [6.07, 6.45) is 2.00. The van der Waals surface area contributed by atoms with Crippen LogP contribution in [0.2, 0.25) is 0 Å². The van der Waals surface area contributed by atoms with Crippen LogP contribution >= 0.6 is 0 Å². The Morgan fingerprint density at radius 3 is 3.25 bits per heavy atom. The molecule has 0 aromatic carbocycles. The third-order valence-corrected chi connectivity index (χ3v) is 1.79. The summed E-state index contributed by atoms with van der Waals surface area (Å²) in [4.78, 5) is 1.99. The van der Waals surface area contributed by atoms with E-state index in [-0.39, 0.29) is 6.67 Å². The number of alkyl halides is 1. The number of hydrogen-bond donors (Lipinski definition) is 1. The molecule has 0 saturated carbocycles. The SMILES string of the molecule is N#CC=C1NCCN1CCCF. The van der Waals surface area contributed by atoms with Crippen LogP contribution in [0, 0.1) is 11.3 Å². The first-order valence-electron chi connectivity index (χ1n) is 4.03. The van der Waals surface area contributed by atoms with Crippen molar-refractivity contribution in [2.75, 3.05) is 26.3 Å². The summed E-state index contributed by atoms with van der Waals surface area (Å²) in [7, 11) is 0. The van der Waals surface area contributed by atoms with Crippen LogP contribution < -0.4 is 5.32 Å². The molecule has 1 aliphatic heterocycles. The van der Waals surface area contributed by atoms with E-state index in [9.17, 15) is 4.39 Å². The molecule has 0 radical (unpaired) electrons. The molecule has 0 spiro atoms. The molecule has 1 aliphatic rings. The first-order chi connectivity index (χ1) is 5.88.